The fraction of sp³-hybridized carbons (Fsp3) is 0.600. The normalized spacial score (nSPS) is 22.6. The number of nitrogens with zero attached hydrogens (tertiary/aromatic N) is 2. The first-order valence-electron chi connectivity index (χ1n) is 7.28. The Morgan fingerprint density at radius 3 is 3.05 bits per heavy atom. The van der Waals surface area contributed by atoms with Crippen LogP contribution in [0.15, 0.2) is 18.3 Å². The number of ether oxygens (including phenoxy) is 1. The summed E-state index contributed by atoms with van der Waals surface area (Å²) in [6.45, 7) is 8.16. The van der Waals surface area contributed by atoms with Crippen LogP contribution in [0, 0.1) is 0 Å². The van der Waals surface area contributed by atoms with Crippen molar-refractivity contribution in [3.63, 3.8) is 0 Å². The van der Waals surface area contributed by atoms with Gasteiger partial charge in [0.25, 0.3) is 5.91 Å². The van der Waals surface area contributed by atoms with E-state index in [-0.39, 0.29) is 18.1 Å². The summed E-state index contributed by atoms with van der Waals surface area (Å²) >= 11 is 0. The molecule has 0 bridgehead atoms. The Hall–Kier alpha value is -1.62. The van der Waals surface area contributed by atoms with Gasteiger partial charge in [0.2, 0.25) is 0 Å². The Morgan fingerprint density at radius 2 is 2.35 bits per heavy atom. The Morgan fingerprint density at radius 1 is 1.55 bits per heavy atom. The van der Waals surface area contributed by atoms with Gasteiger partial charge >= 0.3 is 0 Å². The van der Waals surface area contributed by atoms with Crippen LogP contribution >= 0.6 is 0 Å². The Bertz CT molecular complexity index is 464. The number of amides is 1. The lowest BCUT2D eigenvalue weighted by Gasteiger charge is -2.38. The fourth-order valence-electron chi connectivity index (χ4n) is 2.44. The molecular formula is C15H23N3O2. The molecule has 1 aromatic heterocycles. The fourth-order valence-corrected chi connectivity index (χ4v) is 2.44. The monoisotopic (exact) mass is 277 g/mol. The van der Waals surface area contributed by atoms with E-state index in [9.17, 15) is 4.79 Å². The molecule has 110 valence electrons. The van der Waals surface area contributed by atoms with E-state index in [1.54, 1.807) is 6.20 Å². The van der Waals surface area contributed by atoms with Crippen LogP contribution in [0.2, 0.25) is 0 Å². The molecule has 1 aliphatic heterocycles. The minimum Gasteiger partial charge on any atom is -0.385 e. The number of carbonyl (C=O) groups is 1. The molecule has 20 heavy (non-hydrogen) atoms. The van der Waals surface area contributed by atoms with Gasteiger partial charge in [-0.25, -0.2) is 0 Å². The van der Waals surface area contributed by atoms with E-state index in [4.69, 9.17) is 4.74 Å². The van der Waals surface area contributed by atoms with Crippen LogP contribution in [0.25, 0.3) is 0 Å². The molecule has 1 saturated heterocycles. The van der Waals surface area contributed by atoms with Crippen LogP contribution in [0.4, 0.5) is 5.69 Å². The van der Waals surface area contributed by atoms with Crippen molar-refractivity contribution in [2.75, 3.05) is 25.0 Å². The van der Waals surface area contributed by atoms with Gasteiger partial charge < -0.3 is 15.0 Å². The maximum atomic E-state index is 12.7. The lowest BCUT2D eigenvalue weighted by molar-refractivity contribution is -0.0445. The first-order valence-corrected chi connectivity index (χ1v) is 7.28. The highest BCUT2D eigenvalue weighted by Crippen LogP contribution is 2.18. The van der Waals surface area contributed by atoms with E-state index in [0.717, 1.165) is 18.7 Å². The molecule has 0 saturated carbocycles. The van der Waals surface area contributed by atoms with Crippen LogP contribution in [0.3, 0.4) is 0 Å². The van der Waals surface area contributed by atoms with E-state index in [1.165, 1.54) is 0 Å². The van der Waals surface area contributed by atoms with Gasteiger partial charge in [0.15, 0.2) is 0 Å². The first kappa shape index (κ1) is 14.8. The summed E-state index contributed by atoms with van der Waals surface area (Å²) in [5, 5.41) is 3.20. The van der Waals surface area contributed by atoms with Gasteiger partial charge in [-0.15, -0.1) is 0 Å². The minimum atomic E-state index is -0.00764. The summed E-state index contributed by atoms with van der Waals surface area (Å²) in [5.41, 5.74) is 1.43. The van der Waals surface area contributed by atoms with Gasteiger partial charge in [-0.2, -0.15) is 0 Å². The average Bonchev–Trinajstić information content (AvgIpc) is 2.47. The molecule has 1 aliphatic rings. The summed E-state index contributed by atoms with van der Waals surface area (Å²) in [4.78, 5) is 18.8. The highest BCUT2D eigenvalue weighted by atomic mass is 16.5. The van der Waals surface area contributed by atoms with Gasteiger partial charge in [0.05, 0.1) is 18.8 Å². The maximum absolute atomic E-state index is 12.7. The molecule has 2 unspecified atom stereocenters. The topological polar surface area (TPSA) is 54.5 Å². The van der Waals surface area contributed by atoms with Crippen molar-refractivity contribution in [1.29, 1.82) is 0 Å². The van der Waals surface area contributed by atoms with Crippen LogP contribution < -0.4 is 5.32 Å². The number of aromatic nitrogens is 1. The predicted molar refractivity (Wildman–Crippen MR) is 78.9 cm³/mol. The van der Waals surface area contributed by atoms with E-state index in [0.29, 0.717) is 18.8 Å². The van der Waals surface area contributed by atoms with E-state index < -0.39 is 0 Å². The van der Waals surface area contributed by atoms with Crippen molar-refractivity contribution in [1.82, 2.24) is 9.88 Å². The lowest BCUT2D eigenvalue weighted by atomic mass is 10.1. The zero-order valence-electron chi connectivity index (χ0n) is 12.4. The summed E-state index contributed by atoms with van der Waals surface area (Å²) in [6.07, 6.45) is 2.65. The second-order valence-electron chi connectivity index (χ2n) is 5.12. The second kappa shape index (κ2) is 6.70. The quantitative estimate of drug-likeness (QED) is 0.916. The molecular weight excluding hydrogens is 254 g/mol. The highest BCUT2D eigenvalue weighted by Gasteiger charge is 2.30. The summed E-state index contributed by atoms with van der Waals surface area (Å²) in [6, 6.07) is 3.83. The van der Waals surface area contributed by atoms with Crippen LogP contribution in [0.1, 0.15) is 37.7 Å². The first-order chi connectivity index (χ1) is 9.65. The molecule has 1 amide bonds. The lowest BCUT2D eigenvalue weighted by Crippen LogP contribution is -2.51. The van der Waals surface area contributed by atoms with Crippen molar-refractivity contribution < 1.29 is 9.53 Å². The number of carbonyl (C=O) groups excluding carboxylic acids is 1. The third-order valence-corrected chi connectivity index (χ3v) is 3.56. The third kappa shape index (κ3) is 3.28. The van der Waals surface area contributed by atoms with Crippen LogP contribution in [-0.4, -0.2) is 47.6 Å². The Kier molecular flexibility index (Phi) is 4.95. The number of rotatable bonds is 4. The van der Waals surface area contributed by atoms with E-state index in [2.05, 4.69) is 17.2 Å². The summed E-state index contributed by atoms with van der Waals surface area (Å²) < 4.78 is 5.63. The predicted octanol–water partition coefficient (Wildman–Crippen LogP) is 2.15. The maximum Gasteiger partial charge on any atom is 0.272 e. The molecule has 0 spiro atoms. The molecule has 2 rings (SSSR count). The van der Waals surface area contributed by atoms with Crippen LogP contribution in [0.5, 0.6) is 0 Å². The molecule has 2 atom stereocenters. The number of anilines is 1. The van der Waals surface area contributed by atoms with Gasteiger partial charge in [-0.1, -0.05) is 6.92 Å². The molecule has 5 nitrogen and oxygen atoms in total. The minimum absolute atomic E-state index is 0.00764. The molecule has 1 N–H and O–H groups in total. The zero-order chi connectivity index (χ0) is 14.5. The standard InChI is InChI=1S/C15H23N3O2/c1-4-13-10-20-11(3)9-18(13)15(19)14-8-12(16-5-2)6-7-17-14/h6-8,11,13H,4-5,9-10H2,1-3H3,(H,16,17). The van der Waals surface area contributed by atoms with Crippen molar-refractivity contribution in [3.8, 4) is 0 Å². The SMILES string of the molecule is CCNc1ccnc(C(=O)N2CC(C)OCC2CC)c1. The second-order valence-corrected chi connectivity index (χ2v) is 5.12. The zero-order valence-corrected chi connectivity index (χ0v) is 12.4. The highest BCUT2D eigenvalue weighted by molar-refractivity contribution is 5.93. The van der Waals surface area contributed by atoms with Crippen molar-refractivity contribution >= 4 is 11.6 Å². The van der Waals surface area contributed by atoms with Gasteiger partial charge in [0.1, 0.15) is 5.69 Å². The third-order valence-electron chi connectivity index (χ3n) is 3.56. The molecule has 5 heteroatoms. The van der Waals surface area contributed by atoms with Gasteiger partial charge in [0, 0.05) is 25.0 Å². The molecule has 2 heterocycles. The molecule has 0 aromatic carbocycles. The molecule has 1 aromatic rings. The molecule has 1 fully saturated rings. The number of morpholine rings is 1. The smallest absolute Gasteiger partial charge is 0.272 e. The molecule has 0 radical (unpaired) electrons. The van der Waals surface area contributed by atoms with Gasteiger partial charge in [-0.3, -0.25) is 9.78 Å². The van der Waals surface area contributed by atoms with Crippen molar-refractivity contribution in [2.24, 2.45) is 0 Å². The summed E-state index contributed by atoms with van der Waals surface area (Å²) in [5.74, 6) is -0.00764. The Labute approximate surface area is 120 Å². The van der Waals surface area contributed by atoms with Crippen molar-refractivity contribution in [2.45, 2.75) is 39.3 Å². The summed E-state index contributed by atoms with van der Waals surface area (Å²) in [7, 11) is 0. The Balaban J connectivity index is 2.18. The largest absolute Gasteiger partial charge is 0.385 e. The number of nitrogens with one attached hydrogen (secondary N) is 1. The van der Waals surface area contributed by atoms with Crippen molar-refractivity contribution in [3.05, 3.63) is 24.0 Å². The van der Waals surface area contributed by atoms with E-state index in [1.807, 2.05) is 30.9 Å². The number of pyridine rings is 1. The van der Waals surface area contributed by atoms with E-state index >= 15 is 0 Å². The van der Waals surface area contributed by atoms with Gasteiger partial charge in [-0.05, 0) is 32.4 Å². The number of hydrogen-bond donors (Lipinski definition) is 1. The molecule has 0 aliphatic carbocycles. The number of hydrogen-bond acceptors (Lipinski definition) is 4. The average molecular weight is 277 g/mol. The van der Waals surface area contributed by atoms with Crippen LogP contribution in [-0.2, 0) is 4.74 Å².